The molecular formula is C18H21ClN2. The van der Waals surface area contributed by atoms with E-state index in [1.165, 1.54) is 28.9 Å². The van der Waals surface area contributed by atoms with Crippen LogP contribution in [0.5, 0.6) is 0 Å². The van der Waals surface area contributed by atoms with E-state index in [1.54, 1.807) is 0 Å². The number of nitrogens with zero attached hydrogens (tertiary/aromatic N) is 1. The SMILES string of the molecule is CNCc1ccc(Cl)cc1N1c2ccccc2CCC1C. The maximum absolute atomic E-state index is 6.26. The van der Waals surface area contributed by atoms with Crippen molar-refractivity contribution in [1.29, 1.82) is 0 Å². The van der Waals surface area contributed by atoms with Crippen molar-refractivity contribution in [3.63, 3.8) is 0 Å². The molecule has 2 aromatic rings. The van der Waals surface area contributed by atoms with Crippen LogP contribution in [0.25, 0.3) is 0 Å². The Labute approximate surface area is 131 Å². The number of aryl methyl sites for hydroxylation is 1. The van der Waals surface area contributed by atoms with Gasteiger partial charge in [-0.15, -0.1) is 0 Å². The number of hydrogen-bond donors (Lipinski definition) is 1. The molecule has 21 heavy (non-hydrogen) atoms. The molecule has 2 nitrogen and oxygen atoms in total. The Balaban J connectivity index is 2.13. The van der Waals surface area contributed by atoms with Gasteiger partial charge in [-0.3, -0.25) is 0 Å². The normalized spacial score (nSPS) is 17.7. The lowest BCUT2D eigenvalue weighted by atomic mass is 9.95. The molecule has 0 saturated carbocycles. The third-order valence-corrected chi connectivity index (χ3v) is 4.43. The van der Waals surface area contributed by atoms with Crippen LogP contribution in [-0.2, 0) is 13.0 Å². The summed E-state index contributed by atoms with van der Waals surface area (Å²) < 4.78 is 0. The number of nitrogens with one attached hydrogen (secondary N) is 1. The first-order chi connectivity index (χ1) is 10.2. The van der Waals surface area contributed by atoms with E-state index in [4.69, 9.17) is 11.6 Å². The van der Waals surface area contributed by atoms with Crippen molar-refractivity contribution in [3.8, 4) is 0 Å². The lowest BCUT2D eigenvalue weighted by molar-refractivity contribution is 0.615. The van der Waals surface area contributed by atoms with E-state index in [0.29, 0.717) is 6.04 Å². The Kier molecular flexibility index (Phi) is 4.18. The van der Waals surface area contributed by atoms with Gasteiger partial charge in [-0.1, -0.05) is 35.9 Å². The minimum atomic E-state index is 0.481. The largest absolute Gasteiger partial charge is 0.338 e. The van der Waals surface area contributed by atoms with Gasteiger partial charge in [-0.05, 0) is 56.1 Å². The molecule has 1 unspecified atom stereocenters. The van der Waals surface area contributed by atoms with Crippen molar-refractivity contribution in [2.24, 2.45) is 0 Å². The van der Waals surface area contributed by atoms with Crippen molar-refractivity contribution in [2.75, 3.05) is 11.9 Å². The van der Waals surface area contributed by atoms with Gasteiger partial charge in [0.1, 0.15) is 0 Å². The summed E-state index contributed by atoms with van der Waals surface area (Å²) in [4.78, 5) is 2.44. The van der Waals surface area contributed by atoms with E-state index < -0.39 is 0 Å². The van der Waals surface area contributed by atoms with Gasteiger partial charge in [0.25, 0.3) is 0 Å². The van der Waals surface area contributed by atoms with E-state index in [0.717, 1.165) is 18.0 Å². The molecule has 0 aromatic heterocycles. The highest BCUT2D eigenvalue weighted by molar-refractivity contribution is 6.30. The number of fused-ring (bicyclic) bond motifs is 1. The Morgan fingerprint density at radius 1 is 1.19 bits per heavy atom. The van der Waals surface area contributed by atoms with E-state index in [2.05, 4.69) is 53.5 Å². The van der Waals surface area contributed by atoms with Gasteiger partial charge in [-0.25, -0.2) is 0 Å². The molecule has 1 N–H and O–H groups in total. The van der Waals surface area contributed by atoms with Crippen LogP contribution < -0.4 is 10.2 Å². The first-order valence-corrected chi connectivity index (χ1v) is 7.88. The van der Waals surface area contributed by atoms with Crippen LogP contribution in [0.2, 0.25) is 5.02 Å². The number of halogens is 1. The molecule has 0 radical (unpaired) electrons. The number of benzene rings is 2. The Bertz CT molecular complexity index is 639. The molecular weight excluding hydrogens is 280 g/mol. The van der Waals surface area contributed by atoms with E-state index in [-0.39, 0.29) is 0 Å². The fourth-order valence-corrected chi connectivity index (χ4v) is 3.32. The molecule has 0 fully saturated rings. The lowest BCUT2D eigenvalue weighted by Gasteiger charge is -2.38. The van der Waals surface area contributed by atoms with Crippen LogP contribution in [0, 0.1) is 0 Å². The summed E-state index contributed by atoms with van der Waals surface area (Å²) >= 11 is 6.26. The predicted molar refractivity (Wildman–Crippen MR) is 90.6 cm³/mol. The maximum atomic E-state index is 6.26. The summed E-state index contributed by atoms with van der Waals surface area (Å²) in [5.41, 5.74) is 5.24. The summed E-state index contributed by atoms with van der Waals surface area (Å²) in [6.07, 6.45) is 2.32. The van der Waals surface area contributed by atoms with Gasteiger partial charge in [0, 0.05) is 29.0 Å². The summed E-state index contributed by atoms with van der Waals surface area (Å²) in [5, 5.41) is 4.04. The molecule has 3 rings (SSSR count). The summed E-state index contributed by atoms with van der Waals surface area (Å²) in [7, 11) is 1.98. The van der Waals surface area contributed by atoms with E-state index >= 15 is 0 Å². The van der Waals surface area contributed by atoms with Crippen LogP contribution >= 0.6 is 11.6 Å². The van der Waals surface area contributed by atoms with Gasteiger partial charge < -0.3 is 10.2 Å². The second kappa shape index (κ2) is 6.08. The number of anilines is 2. The average Bonchev–Trinajstić information content (AvgIpc) is 2.49. The first-order valence-electron chi connectivity index (χ1n) is 7.51. The average molecular weight is 301 g/mol. The second-order valence-electron chi connectivity index (χ2n) is 5.69. The first kappa shape index (κ1) is 14.4. The Hall–Kier alpha value is -1.51. The summed E-state index contributed by atoms with van der Waals surface area (Å²) in [6.45, 7) is 3.14. The summed E-state index contributed by atoms with van der Waals surface area (Å²) in [6, 6.07) is 15.4. The zero-order chi connectivity index (χ0) is 14.8. The number of hydrogen-bond acceptors (Lipinski definition) is 2. The molecule has 1 atom stereocenters. The van der Waals surface area contributed by atoms with Crippen molar-refractivity contribution >= 4 is 23.0 Å². The van der Waals surface area contributed by atoms with Gasteiger partial charge in [0.15, 0.2) is 0 Å². The molecule has 0 bridgehead atoms. The molecule has 110 valence electrons. The number of rotatable bonds is 3. The van der Waals surface area contributed by atoms with Gasteiger partial charge in [-0.2, -0.15) is 0 Å². The van der Waals surface area contributed by atoms with Crippen molar-refractivity contribution in [3.05, 3.63) is 58.6 Å². The molecule has 0 amide bonds. The van der Waals surface area contributed by atoms with Crippen molar-refractivity contribution in [1.82, 2.24) is 5.32 Å². The maximum Gasteiger partial charge on any atom is 0.0473 e. The fraction of sp³-hybridized carbons (Fsp3) is 0.333. The van der Waals surface area contributed by atoms with Gasteiger partial charge >= 0.3 is 0 Å². The lowest BCUT2D eigenvalue weighted by Crippen LogP contribution is -2.34. The van der Waals surface area contributed by atoms with Crippen LogP contribution in [0.15, 0.2) is 42.5 Å². The van der Waals surface area contributed by atoms with E-state index in [1.807, 2.05) is 13.1 Å². The van der Waals surface area contributed by atoms with Crippen LogP contribution in [0.3, 0.4) is 0 Å². The highest BCUT2D eigenvalue weighted by atomic mass is 35.5. The van der Waals surface area contributed by atoms with Crippen LogP contribution in [0.4, 0.5) is 11.4 Å². The predicted octanol–water partition coefficient (Wildman–Crippen LogP) is 4.53. The fourth-order valence-electron chi connectivity index (χ4n) is 3.16. The highest BCUT2D eigenvalue weighted by Crippen LogP contribution is 2.39. The van der Waals surface area contributed by atoms with E-state index in [9.17, 15) is 0 Å². The zero-order valence-corrected chi connectivity index (χ0v) is 13.3. The molecule has 2 aromatic carbocycles. The molecule has 0 saturated heterocycles. The molecule has 1 aliphatic rings. The molecule has 1 aliphatic heterocycles. The third kappa shape index (κ3) is 2.78. The molecule has 3 heteroatoms. The van der Waals surface area contributed by atoms with Crippen LogP contribution in [-0.4, -0.2) is 13.1 Å². The smallest absolute Gasteiger partial charge is 0.0473 e. The Morgan fingerprint density at radius 2 is 2.00 bits per heavy atom. The number of para-hydroxylation sites is 1. The Morgan fingerprint density at radius 3 is 2.81 bits per heavy atom. The topological polar surface area (TPSA) is 15.3 Å². The summed E-state index contributed by atoms with van der Waals surface area (Å²) in [5.74, 6) is 0. The zero-order valence-electron chi connectivity index (χ0n) is 12.6. The van der Waals surface area contributed by atoms with Crippen molar-refractivity contribution in [2.45, 2.75) is 32.4 Å². The third-order valence-electron chi connectivity index (χ3n) is 4.20. The molecule has 1 heterocycles. The monoisotopic (exact) mass is 300 g/mol. The van der Waals surface area contributed by atoms with Crippen molar-refractivity contribution < 1.29 is 0 Å². The van der Waals surface area contributed by atoms with Gasteiger partial charge in [0.05, 0.1) is 0 Å². The quantitative estimate of drug-likeness (QED) is 0.896. The molecule has 0 spiro atoms. The minimum absolute atomic E-state index is 0.481. The minimum Gasteiger partial charge on any atom is -0.338 e. The van der Waals surface area contributed by atoms with Gasteiger partial charge in [0.2, 0.25) is 0 Å². The molecule has 0 aliphatic carbocycles. The highest BCUT2D eigenvalue weighted by Gasteiger charge is 2.25. The van der Waals surface area contributed by atoms with Crippen LogP contribution in [0.1, 0.15) is 24.5 Å². The standard InChI is InChI=1S/C18H21ClN2/c1-13-7-8-14-5-3-4-6-17(14)21(13)18-11-16(19)10-9-15(18)12-20-2/h3-6,9-11,13,20H,7-8,12H2,1-2H3. The second-order valence-corrected chi connectivity index (χ2v) is 6.13.